The van der Waals surface area contributed by atoms with Crippen LogP contribution in [0.5, 0.6) is 0 Å². The first kappa shape index (κ1) is 17.6. The number of hydrogen-bond donors (Lipinski definition) is 0. The lowest BCUT2D eigenvalue weighted by molar-refractivity contribution is -0.137. The number of amides is 2. The van der Waals surface area contributed by atoms with Crippen molar-refractivity contribution in [3.8, 4) is 11.5 Å². The summed E-state index contributed by atoms with van der Waals surface area (Å²) >= 11 is 0. The third kappa shape index (κ3) is 3.54. The Bertz CT molecular complexity index is 829. The molecule has 4 rings (SSSR count). The second-order valence-electron chi connectivity index (χ2n) is 7.55. The van der Waals surface area contributed by atoms with Crippen molar-refractivity contribution in [1.29, 1.82) is 0 Å². The molecule has 2 saturated heterocycles. The van der Waals surface area contributed by atoms with Gasteiger partial charge in [-0.3, -0.25) is 14.6 Å². The van der Waals surface area contributed by atoms with Gasteiger partial charge in [0.25, 0.3) is 5.91 Å². The molecule has 2 amide bonds. The van der Waals surface area contributed by atoms with Crippen molar-refractivity contribution in [2.24, 2.45) is 5.41 Å². The molecule has 0 aliphatic carbocycles. The third-order valence-electron chi connectivity index (χ3n) is 5.77. The number of piperidine rings is 2. The third-order valence-corrected chi connectivity index (χ3v) is 5.77. The normalized spacial score (nSPS) is 19.4. The number of nitrogens with zero attached hydrogens (tertiary/aromatic N) is 5. The Hall–Kier alpha value is -2.83. The highest BCUT2D eigenvalue weighted by atomic mass is 16.2. The first-order valence-electron chi connectivity index (χ1n) is 9.33. The highest BCUT2D eigenvalue weighted by molar-refractivity contribution is 5.93. The molecule has 0 atom stereocenters. The first-order chi connectivity index (χ1) is 13.1. The number of aromatic nitrogens is 3. The molecule has 0 unspecified atom stereocenters. The van der Waals surface area contributed by atoms with Crippen molar-refractivity contribution in [3.05, 3.63) is 42.4 Å². The molecule has 0 saturated carbocycles. The van der Waals surface area contributed by atoms with Gasteiger partial charge in [-0.25, -0.2) is 9.97 Å². The second kappa shape index (κ2) is 7.06. The van der Waals surface area contributed by atoms with Crippen LogP contribution in [0.4, 0.5) is 0 Å². The van der Waals surface area contributed by atoms with Crippen LogP contribution in [0.1, 0.15) is 36.0 Å². The summed E-state index contributed by atoms with van der Waals surface area (Å²) < 4.78 is 0. The van der Waals surface area contributed by atoms with Gasteiger partial charge in [-0.15, -0.1) is 0 Å². The van der Waals surface area contributed by atoms with Gasteiger partial charge in [-0.2, -0.15) is 0 Å². The van der Waals surface area contributed by atoms with Crippen molar-refractivity contribution in [2.45, 2.75) is 25.7 Å². The SMILES string of the molecule is CN1CC2(CCC1=O)CCN(C(=O)c1cnc(-c3ccccn3)nc1)CC2. The summed E-state index contributed by atoms with van der Waals surface area (Å²) in [6.45, 7) is 2.22. The highest BCUT2D eigenvalue weighted by Gasteiger charge is 2.40. The Morgan fingerprint density at radius 1 is 1.07 bits per heavy atom. The minimum atomic E-state index is -0.0299. The van der Waals surface area contributed by atoms with Gasteiger partial charge in [0.2, 0.25) is 5.91 Å². The summed E-state index contributed by atoms with van der Waals surface area (Å²) in [7, 11) is 1.88. The van der Waals surface area contributed by atoms with Crippen LogP contribution in [0, 0.1) is 5.41 Å². The molecule has 27 heavy (non-hydrogen) atoms. The maximum atomic E-state index is 12.8. The molecule has 4 heterocycles. The Labute approximate surface area is 158 Å². The zero-order valence-electron chi connectivity index (χ0n) is 15.5. The summed E-state index contributed by atoms with van der Waals surface area (Å²) in [6.07, 6.45) is 8.27. The Morgan fingerprint density at radius 3 is 2.44 bits per heavy atom. The molecule has 140 valence electrons. The van der Waals surface area contributed by atoms with Crippen molar-refractivity contribution in [1.82, 2.24) is 24.8 Å². The number of rotatable bonds is 2. The van der Waals surface area contributed by atoms with E-state index in [-0.39, 0.29) is 17.2 Å². The first-order valence-corrected chi connectivity index (χ1v) is 9.33. The smallest absolute Gasteiger partial charge is 0.256 e. The van der Waals surface area contributed by atoms with Crippen molar-refractivity contribution in [2.75, 3.05) is 26.7 Å². The molecule has 7 heteroatoms. The lowest BCUT2D eigenvalue weighted by Gasteiger charge is -2.46. The molecule has 2 fully saturated rings. The van der Waals surface area contributed by atoms with Crippen LogP contribution in [0.25, 0.3) is 11.5 Å². The summed E-state index contributed by atoms with van der Waals surface area (Å²) in [6, 6.07) is 5.56. The molecule has 7 nitrogen and oxygen atoms in total. The van der Waals surface area contributed by atoms with E-state index >= 15 is 0 Å². The fraction of sp³-hybridized carbons (Fsp3) is 0.450. The van der Waals surface area contributed by atoms with E-state index in [0.717, 1.165) is 25.8 Å². The molecule has 1 spiro atoms. The standard InChI is InChI=1S/C20H23N5O2/c1-24-14-20(6-5-17(24)26)7-10-25(11-8-20)19(27)15-12-22-18(23-13-15)16-4-2-3-9-21-16/h2-4,9,12-13H,5-8,10-11,14H2,1H3. The van der Waals surface area contributed by atoms with Crippen LogP contribution in [0.15, 0.2) is 36.8 Å². The molecule has 2 aliphatic heterocycles. The number of hydrogen-bond acceptors (Lipinski definition) is 5. The average Bonchev–Trinajstić information content (AvgIpc) is 2.72. The molecule has 2 aromatic heterocycles. The second-order valence-corrected chi connectivity index (χ2v) is 7.55. The van der Waals surface area contributed by atoms with E-state index in [1.807, 2.05) is 35.0 Å². The van der Waals surface area contributed by atoms with Gasteiger partial charge in [0.15, 0.2) is 5.82 Å². The summed E-state index contributed by atoms with van der Waals surface area (Å²) in [5, 5.41) is 0. The van der Waals surface area contributed by atoms with E-state index in [9.17, 15) is 9.59 Å². The van der Waals surface area contributed by atoms with Gasteiger partial charge >= 0.3 is 0 Å². The van der Waals surface area contributed by atoms with Crippen molar-refractivity contribution >= 4 is 11.8 Å². The number of carbonyl (C=O) groups excluding carboxylic acids is 2. The highest BCUT2D eigenvalue weighted by Crippen LogP contribution is 2.40. The predicted molar refractivity (Wildman–Crippen MR) is 99.7 cm³/mol. The Kier molecular flexibility index (Phi) is 4.59. The molecule has 0 radical (unpaired) electrons. The van der Waals surface area contributed by atoms with Gasteiger partial charge in [-0.05, 0) is 36.8 Å². The van der Waals surface area contributed by atoms with E-state index in [1.165, 1.54) is 0 Å². The van der Waals surface area contributed by atoms with E-state index in [4.69, 9.17) is 0 Å². The largest absolute Gasteiger partial charge is 0.345 e. The minimum Gasteiger partial charge on any atom is -0.345 e. The zero-order valence-corrected chi connectivity index (χ0v) is 15.5. The molecule has 2 aromatic rings. The maximum Gasteiger partial charge on any atom is 0.256 e. The lowest BCUT2D eigenvalue weighted by Crippen LogP contribution is -2.51. The van der Waals surface area contributed by atoms with Crippen molar-refractivity contribution in [3.63, 3.8) is 0 Å². The Morgan fingerprint density at radius 2 is 1.81 bits per heavy atom. The Balaban J connectivity index is 1.40. The molecular weight excluding hydrogens is 342 g/mol. The molecule has 0 aromatic carbocycles. The fourth-order valence-corrected chi connectivity index (χ4v) is 4.07. The quantitative estimate of drug-likeness (QED) is 0.813. The summed E-state index contributed by atoms with van der Waals surface area (Å²) in [5.41, 5.74) is 1.35. The summed E-state index contributed by atoms with van der Waals surface area (Å²) in [4.78, 5) is 41.1. The summed E-state index contributed by atoms with van der Waals surface area (Å²) in [5.74, 6) is 0.710. The van der Waals surface area contributed by atoms with Crippen LogP contribution < -0.4 is 0 Å². The monoisotopic (exact) mass is 365 g/mol. The lowest BCUT2D eigenvalue weighted by atomic mass is 9.72. The van der Waals surface area contributed by atoms with Crippen LogP contribution in [0.2, 0.25) is 0 Å². The number of pyridine rings is 1. The van der Waals surface area contributed by atoms with Crippen LogP contribution in [-0.2, 0) is 4.79 Å². The zero-order chi connectivity index (χ0) is 18.9. The molecule has 0 N–H and O–H groups in total. The average molecular weight is 365 g/mol. The van der Waals surface area contributed by atoms with E-state index in [1.54, 1.807) is 18.6 Å². The van der Waals surface area contributed by atoms with Gasteiger partial charge < -0.3 is 9.80 Å². The minimum absolute atomic E-state index is 0.0299. The van der Waals surface area contributed by atoms with E-state index in [0.29, 0.717) is 36.6 Å². The van der Waals surface area contributed by atoms with Gasteiger partial charge in [0, 0.05) is 51.7 Å². The number of likely N-dealkylation sites (tertiary alicyclic amines) is 2. The van der Waals surface area contributed by atoms with E-state index in [2.05, 4.69) is 15.0 Å². The molecular formula is C20H23N5O2. The fourth-order valence-electron chi connectivity index (χ4n) is 4.07. The van der Waals surface area contributed by atoms with Gasteiger partial charge in [0.1, 0.15) is 5.69 Å². The predicted octanol–water partition coefficient (Wildman–Crippen LogP) is 2.01. The van der Waals surface area contributed by atoms with Gasteiger partial charge in [0.05, 0.1) is 5.56 Å². The van der Waals surface area contributed by atoms with Crippen molar-refractivity contribution < 1.29 is 9.59 Å². The van der Waals surface area contributed by atoms with Crippen LogP contribution in [-0.4, -0.2) is 63.2 Å². The number of carbonyl (C=O) groups is 2. The topological polar surface area (TPSA) is 79.3 Å². The van der Waals surface area contributed by atoms with E-state index < -0.39 is 0 Å². The van der Waals surface area contributed by atoms with Gasteiger partial charge in [-0.1, -0.05) is 6.07 Å². The van der Waals surface area contributed by atoms with Crippen LogP contribution >= 0.6 is 0 Å². The molecule has 2 aliphatic rings. The van der Waals surface area contributed by atoms with Crippen LogP contribution in [0.3, 0.4) is 0 Å². The molecule has 0 bridgehead atoms. The maximum absolute atomic E-state index is 12.8.